The molecule has 1 aromatic rings. The number of aliphatic hydroxyl groups excluding tert-OH is 1. The van der Waals surface area contributed by atoms with Crippen molar-refractivity contribution in [1.82, 2.24) is 5.32 Å². The van der Waals surface area contributed by atoms with Crippen LogP contribution < -0.4 is 10.1 Å². The van der Waals surface area contributed by atoms with E-state index in [0.29, 0.717) is 19.2 Å². The van der Waals surface area contributed by atoms with Crippen molar-refractivity contribution in [2.24, 2.45) is 0 Å². The summed E-state index contributed by atoms with van der Waals surface area (Å²) >= 11 is 0. The minimum Gasteiger partial charge on any atom is -0.491 e. The second-order valence-corrected chi connectivity index (χ2v) is 4.17. The fourth-order valence-corrected chi connectivity index (χ4v) is 1.21. The van der Waals surface area contributed by atoms with Crippen LogP contribution in [-0.2, 0) is 0 Å². The Kier molecular flexibility index (Phi) is 5.29. The zero-order valence-electron chi connectivity index (χ0n) is 9.94. The van der Waals surface area contributed by atoms with Crippen molar-refractivity contribution in [3.63, 3.8) is 0 Å². The van der Waals surface area contributed by atoms with Crippen molar-refractivity contribution in [3.8, 4) is 5.75 Å². The van der Waals surface area contributed by atoms with Crippen LogP contribution in [0.2, 0.25) is 0 Å². The van der Waals surface area contributed by atoms with E-state index in [1.165, 1.54) is 0 Å². The van der Waals surface area contributed by atoms with E-state index in [9.17, 15) is 5.11 Å². The smallest absolute Gasteiger partial charge is 0.119 e. The number of hydrogen-bond donors (Lipinski definition) is 2. The standard InChI is InChI=1S/C13H20NO2/c1-10(2)14-8-12(15)9-16-13-6-4-11(3)5-7-13/h4-7,10,12,14-15H,3,8-9H2,1-2H3. The zero-order chi connectivity index (χ0) is 12.0. The summed E-state index contributed by atoms with van der Waals surface area (Å²) in [6.45, 7) is 8.72. The van der Waals surface area contributed by atoms with E-state index >= 15 is 0 Å². The fraction of sp³-hybridized carbons (Fsp3) is 0.462. The Morgan fingerprint density at radius 3 is 2.50 bits per heavy atom. The van der Waals surface area contributed by atoms with Crippen molar-refractivity contribution in [2.75, 3.05) is 13.2 Å². The molecule has 1 atom stereocenters. The van der Waals surface area contributed by atoms with Crippen molar-refractivity contribution in [1.29, 1.82) is 0 Å². The SMILES string of the molecule is [CH2]c1ccc(OCC(O)CNC(C)C)cc1. The molecule has 0 fully saturated rings. The van der Waals surface area contributed by atoms with Gasteiger partial charge >= 0.3 is 0 Å². The van der Waals surface area contributed by atoms with Gasteiger partial charge < -0.3 is 15.2 Å². The lowest BCUT2D eigenvalue weighted by Crippen LogP contribution is -2.35. The van der Waals surface area contributed by atoms with Gasteiger partial charge in [-0.15, -0.1) is 0 Å². The summed E-state index contributed by atoms with van der Waals surface area (Å²) in [6, 6.07) is 7.85. The third-order valence-corrected chi connectivity index (χ3v) is 2.13. The minimum atomic E-state index is -0.484. The highest BCUT2D eigenvalue weighted by Crippen LogP contribution is 2.11. The van der Waals surface area contributed by atoms with Crippen LogP contribution in [-0.4, -0.2) is 30.4 Å². The average Bonchev–Trinajstić information content (AvgIpc) is 2.25. The lowest BCUT2D eigenvalue weighted by Gasteiger charge is -2.15. The zero-order valence-corrected chi connectivity index (χ0v) is 9.94. The van der Waals surface area contributed by atoms with Gasteiger partial charge in [0.05, 0.1) is 0 Å². The van der Waals surface area contributed by atoms with Gasteiger partial charge in [0.25, 0.3) is 0 Å². The first-order valence-corrected chi connectivity index (χ1v) is 5.54. The van der Waals surface area contributed by atoms with Gasteiger partial charge in [-0.1, -0.05) is 26.0 Å². The van der Waals surface area contributed by atoms with Crippen molar-refractivity contribution < 1.29 is 9.84 Å². The Labute approximate surface area is 97.4 Å². The third-order valence-electron chi connectivity index (χ3n) is 2.13. The maximum absolute atomic E-state index is 9.61. The maximum atomic E-state index is 9.61. The fourth-order valence-electron chi connectivity index (χ4n) is 1.21. The number of aliphatic hydroxyl groups is 1. The molecule has 1 rings (SSSR count). The Morgan fingerprint density at radius 1 is 1.31 bits per heavy atom. The van der Waals surface area contributed by atoms with Crippen LogP contribution in [0.15, 0.2) is 24.3 Å². The lowest BCUT2D eigenvalue weighted by atomic mass is 10.2. The summed E-state index contributed by atoms with van der Waals surface area (Å²) in [7, 11) is 0. The number of rotatable bonds is 6. The predicted molar refractivity (Wildman–Crippen MR) is 65.5 cm³/mol. The van der Waals surface area contributed by atoms with Gasteiger partial charge in [-0.25, -0.2) is 0 Å². The first-order valence-electron chi connectivity index (χ1n) is 5.54. The molecular formula is C13H20NO2. The molecule has 3 nitrogen and oxygen atoms in total. The molecule has 1 unspecified atom stereocenters. The Bertz CT molecular complexity index is 295. The summed E-state index contributed by atoms with van der Waals surface area (Å²) in [5.74, 6) is 0.760. The molecule has 0 amide bonds. The van der Waals surface area contributed by atoms with Crippen molar-refractivity contribution in [2.45, 2.75) is 26.0 Å². The van der Waals surface area contributed by atoms with E-state index in [1.54, 1.807) is 0 Å². The van der Waals surface area contributed by atoms with Crippen molar-refractivity contribution >= 4 is 0 Å². The van der Waals surface area contributed by atoms with E-state index in [4.69, 9.17) is 4.74 Å². The number of benzene rings is 1. The van der Waals surface area contributed by atoms with Crippen LogP contribution in [0.3, 0.4) is 0 Å². The van der Waals surface area contributed by atoms with Crippen LogP contribution in [0.5, 0.6) is 5.75 Å². The highest BCUT2D eigenvalue weighted by molar-refractivity contribution is 5.28. The molecule has 0 heterocycles. The van der Waals surface area contributed by atoms with Gasteiger partial charge in [0.1, 0.15) is 18.5 Å². The Balaban J connectivity index is 2.26. The van der Waals surface area contributed by atoms with Gasteiger partial charge in [-0.05, 0) is 24.6 Å². The molecule has 3 heteroatoms. The number of nitrogens with one attached hydrogen (secondary N) is 1. The van der Waals surface area contributed by atoms with Crippen molar-refractivity contribution in [3.05, 3.63) is 36.8 Å². The molecule has 2 N–H and O–H groups in total. The van der Waals surface area contributed by atoms with Gasteiger partial charge in [0.15, 0.2) is 0 Å². The summed E-state index contributed by atoms with van der Waals surface area (Å²) in [5, 5.41) is 12.8. The topological polar surface area (TPSA) is 41.5 Å². The Hall–Kier alpha value is -1.06. The van der Waals surface area contributed by atoms with Gasteiger partial charge in [-0.2, -0.15) is 0 Å². The molecule has 0 aromatic heterocycles. The molecule has 0 spiro atoms. The van der Waals surface area contributed by atoms with E-state index in [2.05, 4.69) is 12.2 Å². The van der Waals surface area contributed by atoms with Gasteiger partial charge in [-0.3, -0.25) is 0 Å². The first-order chi connectivity index (χ1) is 7.58. The van der Waals surface area contributed by atoms with Crippen LogP contribution >= 0.6 is 0 Å². The van der Waals surface area contributed by atoms with E-state index < -0.39 is 6.10 Å². The molecular weight excluding hydrogens is 202 g/mol. The molecule has 89 valence electrons. The average molecular weight is 222 g/mol. The predicted octanol–water partition coefficient (Wildman–Crippen LogP) is 1.61. The van der Waals surface area contributed by atoms with Crippen LogP contribution in [0.4, 0.5) is 0 Å². The quantitative estimate of drug-likeness (QED) is 0.768. The molecule has 1 radical (unpaired) electrons. The highest BCUT2D eigenvalue weighted by Gasteiger charge is 2.05. The largest absolute Gasteiger partial charge is 0.491 e. The molecule has 0 saturated carbocycles. The number of ether oxygens (including phenoxy) is 1. The highest BCUT2D eigenvalue weighted by atomic mass is 16.5. The number of hydrogen-bond acceptors (Lipinski definition) is 3. The summed E-state index contributed by atoms with van der Waals surface area (Å²) < 4.78 is 5.44. The summed E-state index contributed by atoms with van der Waals surface area (Å²) in [6.07, 6.45) is -0.484. The van der Waals surface area contributed by atoms with Gasteiger partial charge in [0.2, 0.25) is 0 Å². The van der Waals surface area contributed by atoms with Crippen LogP contribution in [0.25, 0.3) is 0 Å². The normalized spacial score (nSPS) is 12.8. The van der Waals surface area contributed by atoms with Crippen LogP contribution in [0, 0.1) is 6.92 Å². The molecule has 1 aromatic carbocycles. The summed E-state index contributed by atoms with van der Waals surface area (Å²) in [5.41, 5.74) is 0.953. The third kappa shape index (κ3) is 5.14. The van der Waals surface area contributed by atoms with E-state index in [1.807, 2.05) is 38.1 Å². The van der Waals surface area contributed by atoms with E-state index in [0.717, 1.165) is 11.3 Å². The molecule has 0 saturated heterocycles. The first kappa shape index (κ1) is 13.0. The minimum absolute atomic E-state index is 0.302. The van der Waals surface area contributed by atoms with Crippen LogP contribution in [0.1, 0.15) is 19.4 Å². The van der Waals surface area contributed by atoms with E-state index in [-0.39, 0.29) is 0 Å². The Morgan fingerprint density at radius 2 is 1.94 bits per heavy atom. The molecule has 0 bridgehead atoms. The second kappa shape index (κ2) is 6.51. The second-order valence-electron chi connectivity index (χ2n) is 4.17. The molecule has 0 aliphatic rings. The molecule has 16 heavy (non-hydrogen) atoms. The molecule has 0 aliphatic carbocycles. The summed E-state index contributed by atoms with van der Waals surface area (Å²) in [4.78, 5) is 0. The molecule has 0 aliphatic heterocycles. The monoisotopic (exact) mass is 222 g/mol. The van der Waals surface area contributed by atoms with Gasteiger partial charge in [0, 0.05) is 12.6 Å². The maximum Gasteiger partial charge on any atom is 0.119 e. The lowest BCUT2D eigenvalue weighted by molar-refractivity contribution is 0.104.